The molecule has 0 saturated heterocycles. The number of thiophene rings is 1. The van der Waals surface area contributed by atoms with Gasteiger partial charge in [-0.1, -0.05) is 12.1 Å². The maximum Gasteiger partial charge on any atom is 0.231 e. The zero-order valence-electron chi connectivity index (χ0n) is 14.4. The zero-order chi connectivity index (χ0) is 17.1. The van der Waals surface area contributed by atoms with E-state index >= 15 is 0 Å². The normalized spacial score (nSPS) is 17.4. The average Bonchev–Trinajstić information content (AvgIpc) is 3.04. The molecule has 0 amide bonds. The van der Waals surface area contributed by atoms with Gasteiger partial charge in [0.1, 0.15) is 0 Å². The van der Waals surface area contributed by atoms with Crippen LogP contribution in [0.4, 0.5) is 0 Å². The lowest BCUT2D eigenvalue weighted by molar-refractivity contribution is 0.174. The summed E-state index contributed by atoms with van der Waals surface area (Å²) >= 11 is 1.74. The summed E-state index contributed by atoms with van der Waals surface area (Å²) in [5.74, 6) is 2.59. The van der Waals surface area contributed by atoms with Crippen LogP contribution in [0.2, 0.25) is 0 Å². The first kappa shape index (κ1) is 16.3. The van der Waals surface area contributed by atoms with Crippen molar-refractivity contribution in [3.05, 3.63) is 46.2 Å². The van der Waals surface area contributed by atoms with Crippen LogP contribution in [0.3, 0.4) is 0 Å². The molecule has 0 spiro atoms. The van der Waals surface area contributed by atoms with E-state index < -0.39 is 0 Å². The molecule has 0 unspecified atom stereocenters. The van der Waals surface area contributed by atoms with Gasteiger partial charge >= 0.3 is 0 Å². The molecule has 1 aliphatic carbocycles. The Morgan fingerprint density at radius 3 is 2.84 bits per heavy atom. The van der Waals surface area contributed by atoms with Gasteiger partial charge in [-0.2, -0.15) is 0 Å². The minimum Gasteiger partial charge on any atom is -0.454 e. The maximum atomic E-state index is 5.53. The predicted octanol–water partition coefficient (Wildman–Crippen LogP) is 3.26. The van der Waals surface area contributed by atoms with E-state index in [1.165, 1.54) is 23.3 Å². The van der Waals surface area contributed by atoms with E-state index in [1.807, 2.05) is 6.07 Å². The van der Waals surface area contributed by atoms with Crippen LogP contribution in [0.25, 0.3) is 0 Å². The fraction of sp³-hybridized carbons (Fsp3) is 0.421. The number of benzene rings is 1. The second kappa shape index (κ2) is 6.96. The Hall–Kier alpha value is -2.21. The minimum absolute atomic E-state index is 0.181. The Kier molecular flexibility index (Phi) is 4.53. The molecule has 1 fully saturated rings. The fourth-order valence-electron chi connectivity index (χ4n) is 3.10. The van der Waals surface area contributed by atoms with Gasteiger partial charge in [-0.3, -0.25) is 0 Å². The molecule has 1 aromatic carbocycles. The van der Waals surface area contributed by atoms with Crippen molar-refractivity contribution in [2.45, 2.75) is 31.7 Å². The van der Waals surface area contributed by atoms with Crippen LogP contribution in [-0.2, 0) is 12.0 Å². The van der Waals surface area contributed by atoms with Crippen LogP contribution in [0.15, 0.2) is 40.7 Å². The van der Waals surface area contributed by atoms with Crippen LogP contribution < -0.4 is 20.1 Å². The molecule has 6 heteroatoms. The molecular formula is C19H23N3O2S. The summed E-state index contributed by atoms with van der Waals surface area (Å²) in [6.45, 7) is 4.86. The van der Waals surface area contributed by atoms with Crippen LogP contribution in [0.5, 0.6) is 11.5 Å². The SMILES string of the molecule is CCNC(=NCc1cccs1)NCC1(c2ccc3c(c2)OCO3)CC1. The highest BCUT2D eigenvalue weighted by atomic mass is 32.1. The first-order valence-corrected chi connectivity index (χ1v) is 9.62. The minimum atomic E-state index is 0.181. The third-order valence-corrected chi connectivity index (χ3v) is 5.61. The van der Waals surface area contributed by atoms with Crippen molar-refractivity contribution in [2.24, 2.45) is 4.99 Å². The van der Waals surface area contributed by atoms with E-state index in [9.17, 15) is 0 Å². The second-order valence-electron chi connectivity index (χ2n) is 6.48. The number of rotatable bonds is 6. The average molecular weight is 357 g/mol. The van der Waals surface area contributed by atoms with Gasteiger partial charge in [0.15, 0.2) is 17.5 Å². The summed E-state index contributed by atoms with van der Waals surface area (Å²) < 4.78 is 10.9. The molecule has 2 aliphatic rings. The van der Waals surface area contributed by atoms with Crippen LogP contribution >= 0.6 is 11.3 Å². The second-order valence-corrected chi connectivity index (χ2v) is 7.51. The van der Waals surface area contributed by atoms with Gasteiger partial charge in [0.2, 0.25) is 6.79 Å². The third kappa shape index (κ3) is 3.58. The molecule has 0 radical (unpaired) electrons. The molecule has 2 heterocycles. The molecule has 25 heavy (non-hydrogen) atoms. The molecule has 5 nitrogen and oxygen atoms in total. The number of nitrogens with one attached hydrogen (secondary N) is 2. The van der Waals surface area contributed by atoms with Crippen molar-refractivity contribution in [3.63, 3.8) is 0 Å². The molecule has 1 saturated carbocycles. The van der Waals surface area contributed by atoms with Gasteiger partial charge in [-0.05, 0) is 48.9 Å². The molecule has 0 bridgehead atoms. The Morgan fingerprint density at radius 1 is 1.20 bits per heavy atom. The van der Waals surface area contributed by atoms with Crippen molar-refractivity contribution in [2.75, 3.05) is 19.9 Å². The third-order valence-electron chi connectivity index (χ3n) is 4.75. The lowest BCUT2D eigenvalue weighted by Gasteiger charge is -2.19. The largest absolute Gasteiger partial charge is 0.454 e. The summed E-state index contributed by atoms with van der Waals surface area (Å²) in [6.07, 6.45) is 2.37. The van der Waals surface area contributed by atoms with E-state index in [2.05, 4.69) is 47.2 Å². The monoisotopic (exact) mass is 357 g/mol. The Bertz CT molecular complexity index is 754. The number of hydrogen-bond acceptors (Lipinski definition) is 4. The summed E-state index contributed by atoms with van der Waals surface area (Å²) in [5.41, 5.74) is 1.50. The predicted molar refractivity (Wildman–Crippen MR) is 101 cm³/mol. The van der Waals surface area contributed by atoms with E-state index in [1.54, 1.807) is 11.3 Å². The molecule has 2 N–H and O–H groups in total. The van der Waals surface area contributed by atoms with Gasteiger partial charge in [-0.15, -0.1) is 11.3 Å². The van der Waals surface area contributed by atoms with Crippen molar-refractivity contribution < 1.29 is 9.47 Å². The Balaban J connectivity index is 1.42. The smallest absolute Gasteiger partial charge is 0.231 e. The highest BCUT2D eigenvalue weighted by molar-refractivity contribution is 7.09. The first-order valence-electron chi connectivity index (χ1n) is 8.74. The van der Waals surface area contributed by atoms with E-state index in [-0.39, 0.29) is 5.41 Å². The Morgan fingerprint density at radius 2 is 2.08 bits per heavy atom. The van der Waals surface area contributed by atoms with E-state index in [0.29, 0.717) is 13.3 Å². The van der Waals surface area contributed by atoms with Gasteiger partial charge < -0.3 is 20.1 Å². The van der Waals surface area contributed by atoms with Gasteiger partial charge in [0.25, 0.3) is 0 Å². The number of nitrogens with zero attached hydrogens (tertiary/aromatic N) is 1. The summed E-state index contributed by atoms with van der Waals surface area (Å²) in [7, 11) is 0. The molecule has 2 aromatic rings. The lowest BCUT2D eigenvalue weighted by atomic mass is 9.95. The highest BCUT2D eigenvalue weighted by Crippen LogP contribution is 2.49. The van der Waals surface area contributed by atoms with Crippen LogP contribution in [-0.4, -0.2) is 25.8 Å². The number of guanidine groups is 1. The molecule has 4 rings (SSSR count). The van der Waals surface area contributed by atoms with Crippen LogP contribution in [0.1, 0.15) is 30.2 Å². The van der Waals surface area contributed by atoms with Crippen molar-refractivity contribution in [1.82, 2.24) is 10.6 Å². The van der Waals surface area contributed by atoms with Crippen LogP contribution in [0, 0.1) is 0 Å². The lowest BCUT2D eigenvalue weighted by Crippen LogP contribution is -2.41. The summed E-state index contributed by atoms with van der Waals surface area (Å²) in [5, 5.41) is 8.95. The summed E-state index contributed by atoms with van der Waals surface area (Å²) in [4.78, 5) is 5.97. The van der Waals surface area contributed by atoms with Gasteiger partial charge in [-0.25, -0.2) is 4.99 Å². The first-order chi connectivity index (χ1) is 12.3. The topological polar surface area (TPSA) is 54.9 Å². The zero-order valence-corrected chi connectivity index (χ0v) is 15.2. The molecule has 1 aromatic heterocycles. The Labute approximate surface area is 152 Å². The van der Waals surface area contributed by atoms with Crippen molar-refractivity contribution >= 4 is 17.3 Å². The molecule has 1 aliphatic heterocycles. The quantitative estimate of drug-likeness (QED) is 0.615. The molecular weight excluding hydrogens is 334 g/mol. The summed E-state index contributed by atoms with van der Waals surface area (Å²) in [6, 6.07) is 10.5. The number of hydrogen-bond donors (Lipinski definition) is 2. The van der Waals surface area contributed by atoms with E-state index in [0.717, 1.165) is 30.5 Å². The highest BCUT2D eigenvalue weighted by Gasteiger charge is 2.44. The standard InChI is InChI=1S/C19H23N3O2S/c1-2-20-18(21-11-15-4-3-9-25-15)22-12-19(7-8-19)14-5-6-16-17(10-14)24-13-23-16/h3-6,9-10H,2,7-8,11-13H2,1H3,(H2,20,21,22). The van der Waals surface area contributed by atoms with Gasteiger partial charge in [0.05, 0.1) is 6.54 Å². The van der Waals surface area contributed by atoms with Gasteiger partial charge in [0, 0.05) is 23.4 Å². The molecule has 0 atom stereocenters. The number of ether oxygens (including phenoxy) is 2. The number of aliphatic imine (C=N–C) groups is 1. The molecule has 132 valence electrons. The maximum absolute atomic E-state index is 5.53. The fourth-order valence-corrected chi connectivity index (χ4v) is 3.73. The van der Waals surface area contributed by atoms with E-state index in [4.69, 9.17) is 14.5 Å². The number of fused-ring (bicyclic) bond motifs is 1. The van der Waals surface area contributed by atoms with Crippen molar-refractivity contribution in [3.8, 4) is 11.5 Å². The van der Waals surface area contributed by atoms with Crippen molar-refractivity contribution in [1.29, 1.82) is 0 Å².